The highest BCUT2D eigenvalue weighted by atomic mass is 15.2. The molecule has 1 saturated heterocycles. The van der Waals surface area contributed by atoms with Gasteiger partial charge in [-0.1, -0.05) is 18.6 Å². The summed E-state index contributed by atoms with van der Waals surface area (Å²) in [5.41, 5.74) is 1.60. The van der Waals surface area contributed by atoms with E-state index >= 15 is 0 Å². The molecule has 3 atom stereocenters. The van der Waals surface area contributed by atoms with Gasteiger partial charge in [-0.3, -0.25) is 0 Å². The van der Waals surface area contributed by atoms with Crippen molar-refractivity contribution in [3.8, 4) is 0 Å². The molecule has 0 saturated carbocycles. The number of allylic oxidation sites excluding steroid dienone is 1. The summed E-state index contributed by atoms with van der Waals surface area (Å²) in [6.45, 7) is 14.4. The van der Waals surface area contributed by atoms with E-state index in [0.717, 1.165) is 18.4 Å². The summed E-state index contributed by atoms with van der Waals surface area (Å²) in [6, 6.07) is 0.631. The first-order chi connectivity index (χ1) is 10.1. The van der Waals surface area contributed by atoms with Gasteiger partial charge in [-0.2, -0.15) is 0 Å². The quantitative estimate of drug-likeness (QED) is 0.760. The molecule has 0 amide bonds. The Hall–Kier alpha value is -0.380. The van der Waals surface area contributed by atoms with Crippen molar-refractivity contribution in [2.24, 2.45) is 11.8 Å². The van der Waals surface area contributed by atoms with E-state index in [1.54, 1.807) is 5.57 Å². The van der Waals surface area contributed by atoms with Crippen molar-refractivity contribution >= 4 is 0 Å². The summed E-state index contributed by atoms with van der Waals surface area (Å²) >= 11 is 0. The van der Waals surface area contributed by atoms with Crippen LogP contribution in [0.1, 0.15) is 40.0 Å². The van der Waals surface area contributed by atoms with Gasteiger partial charge in [0.15, 0.2) is 0 Å². The number of nitrogens with one attached hydrogen (secondary N) is 1. The molecule has 0 bridgehead atoms. The van der Waals surface area contributed by atoms with Gasteiger partial charge in [0.1, 0.15) is 0 Å². The fourth-order valence-corrected chi connectivity index (χ4v) is 3.62. The summed E-state index contributed by atoms with van der Waals surface area (Å²) in [4.78, 5) is 5.05. The Bertz CT molecular complexity index is 331. The largest absolute Gasteiger partial charge is 0.314 e. The first-order valence-electron chi connectivity index (χ1n) is 8.87. The van der Waals surface area contributed by atoms with Gasteiger partial charge < -0.3 is 15.1 Å². The lowest BCUT2D eigenvalue weighted by molar-refractivity contribution is 0.149. The molecular formula is C18H35N3. The topological polar surface area (TPSA) is 18.5 Å². The van der Waals surface area contributed by atoms with Gasteiger partial charge in [-0.05, 0) is 58.5 Å². The van der Waals surface area contributed by atoms with Crippen molar-refractivity contribution in [2.45, 2.75) is 46.1 Å². The van der Waals surface area contributed by atoms with Crippen LogP contribution in [0.5, 0.6) is 0 Å². The van der Waals surface area contributed by atoms with E-state index in [1.165, 1.54) is 52.0 Å². The minimum Gasteiger partial charge on any atom is -0.314 e. The van der Waals surface area contributed by atoms with Gasteiger partial charge in [0.2, 0.25) is 0 Å². The molecule has 1 N–H and O–H groups in total. The molecule has 3 nitrogen and oxygen atoms in total. The fourth-order valence-electron chi connectivity index (χ4n) is 3.62. The van der Waals surface area contributed by atoms with Crippen LogP contribution >= 0.6 is 0 Å². The molecule has 0 unspecified atom stereocenters. The van der Waals surface area contributed by atoms with E-state index in [1.807, 2.05) is 0 Å². The van der Waals surface area contributed by atoms with Crippen LogP contribution in [0.25, 0.3) is 0 Å². The first-order valence-corrected chi connectivity index (χ1v) is 8.87. The van der Waals surface area contributed by atoms with Gasteiger partial charge >= 0.3 is 0 Å². The monoisotopic (exact) mass is 293 g/mol. The summed E-state index contributed by atoms with van der Waals surface area (Å²) in [7, 11) is 2.22. The third kappa shape index (κ3) is 5.39. The van der Waals surface area contributed by atoms with Crippen LogP contribution in [0, 0.1) is 11.8 Å². The van der Waals surface area contributed by atoms with Crippen LogP contribution in [0.15, 0.2) is 11.6 Å². The summed E-state index contributed by atoms with van der Waals surface area (Å²) in [5.74, 6) is 1.59. The number of nitrogens with zero attached hydrogens (tertiary/aromatic N) is 2. The Balaban J connectivity index is 1.64. The van der Waals surface area contributed by atoms with E-state index in [0.29, 0.717) is 6.04 Å². The molecule has 0 aromatic carbocycles. The van der Waals surface area contributed by atoms with Gasteiger partial charge in [-0.15, -0.1) is 0 Å². The first kappa shape index (κ1) is 17.0. The molecule has 0 spiro atoms. The van der Waals surface area contributed by atoms with Crippen LogP contribution in [0.4, 0.5) is 0 Å². The van der Waals surface area contributed by atoms with Crippen molar-refractivity contribution in [1.29, 1.82) is 0 Å². The molecule has 1 fully saturated rings. The van der Waals surface area contributed by atoms with E-state index in [4.69, 9.17) is 0 Å². The Kier molecular flexibility index (Phi) is 6.72. The third-order valence-electron chi connectivity index (χ3n) is 5.52. The number of rotatable bonds is 6. The minimum absolute atomic E-state index is 0.631. The Morgan fingerprint density at radius 3 is 2.67 bits per heavy atom. The predicted molar refractivity (Wildman–Crippen MR) is 91.7 cm³/mol. The highest BCUT2D eigenvalue weighted by Crippen LogP contribution is 2.29. The summed E-state index contributed by atoms with van der Waals surface area (Å²) < 4.78 is 0. The third-order valence-corrected chi connectivity index (χ3v) is 5.52. The van der Waals surface area contributed by atoms with Crippen molar-refractivity contribution in [3.63, 3.8) is 0 Å². The number of likely N-dealkylation sites (N-methyl/N-ethyl adjacent to an activating group) is 1. The SMILES string of the molecule is CC1=CCC[C@H](C)[C@H]1CN[C@H](C)CCN1CCN(C)CC1. The molecule has 3 heteroatoms. The lowest BCUT2D eigenvalue weighted by Gasteiger charge is -2.33. The van der Waals surface area contributed by atoms with E-state index in [2.05, 4.69) is 49.0 Å². The molecule has 0 aromatic heterocycles. The highest BCUT2D eigenvalue weighted by molar-refractivity contribution is 5.09. The zero-order valence-corrected chi connectivity index (χ0v) is 14.6. The maximum absolute atomic E-state index is 3.78. The summed E-state index contributed by atoms with van der Waals surface area (Å²) in [5, 5.41) is 3.78. The Morgan fingerprint density at radius 2 is 2.00 bits per heavy atom. The second kappa shape index (κ2) is 8.30. The van der Waals surface area contributed by atoms with Crippen LogP contribution in [-0.4, -0.2) is 62.2 Å². The van der Waals surface area contributed by atoms with Crippen molar-refractivity contribution in [1.82, 2.24) is 15.1 Å². The zero-order valence-electron chi connectivity index (χ0n) is 14.6. The highest BCUT2D eigenvalue weighted by Gasteiger charge is 2.22. The van der Waals surface area contributed by atoms with Gasteiger partial charge in [0.05, 0.1) is 0 Å². The Labute approximate surface area is 131 Å². The Morgan fingerprint density at radius 1 is 1.29 bits per heavy atom. The molecule has 21 heavy (non-hydrogen) atoms. The molecule has 1 aliphatic carbocycles. The van der Waals surface area contributed by atoms with Crippen molar-refractivity contribution in [2.75, 3.05) is 46.3 Å². The molecule has 122 valence electrons. The van der Waals surface area contributed by atoms with Gasteiger partial charge in [0.25, 0.3) is 0 Å². The second-order valence-electron chi connectivity index (χ2n) is 7.35. The van der Waals surface area contributed by atoms with E-state index in [-0.39, 0.29) is 0 Å². The average Bonchev–Trinajstić information content (AvgIpc) is 2.46. The minimum atomic E-state index is 0.631. The molecule has 2 aliphatic rings. The van der Waals surface area contributed by atoms with Crippen LogP contribution < -0.4 is 5.32 Å². The molecule has 2 rings (SSSR count). The standard InChI is InChI=1S/C18H35N3/c1-15-6-5-7-16(2)18(15)14-19-17(3)8-9-21-12-10-20(4)11-13-21/h6,16-19H,5,7-14H2,1-4H3/t16-,17+,18-/m0/s1. The number of piperazine rings is 1. The second-order valence-corrected chi connectivity index (χ2v) is 7.35. The number of hydrogen-bond acceptors (Lipinski definition) is 3. The lowest BCUT2D eigenvalue weighted by atomic mass is 9.80. The fraction of sp³-hybridized carbons (Fsp3) is 0.889. The van der Waals surface area contributed by atoms with Crippen molar-refractivity contribution < 1.29 is 0 Å². The predicted octanol–water partition coefficient (Wildman–Crippen LogP) is 2.59. The molecule has 1 aliphatic heterocycles. The normalized spacial score (nSPS) is 30.2. The molecule has 0 radical (unpaired) electrons. The van der Waals surface area contributed by atoms with E-state index < -0.39 is 0 Å². The molecule has 1 heterocycles. The zero-order chi connectivity index (χ0) is 15.2. The lowest BCUT2D eigenvalue weighted by Crippen LogP contribution is -2.46. The van der Waals surface area contributed by atoms with Crippen LogP contribution in [-0.2, 0) is 0 Å². The maximum Gasteiger partial charge on any atom is 0.0110 e. The van der Waals surface area contributed by atoms with Crippen LogP contribution in [0.2, 0.25) is 0 Å². The molecule has 0 aromatic rings. The van der Waals surface area contributed by atoms with Gasteiger partial charge in [0, 0.05) is 38.8 Å². The maximum atomic E-state index is 3.78. The average molecular weight is 293 g/mol. The number of hydrogen-bond donors (Lipinski definition) is 1. The van der Waals surface area contributed by atoms with Gasteiger partial charge in [-0.25, -0.2) is 0 Å². The van der Waals surface area contributed by atoms with E-state index in [9.17, 15) is 0 Å². The smallest absolute Gasteiger partial charge is 0.0110 e. The van der Waals surface area contributed by atoms with Crippen LogP contribution in [0.3, 0.4) is 0 Å². The molecular weight excluding hydrogens is 258 g/mol. The summed E-state index contributed by atoms with van der Waals surface area (Å²) in [6.07, 6.45) is 6.36. The van der Waals surface area contributed by atoms with Crippen molar-refractivity contribution in [3.05, 3.63) is 11.6 Å².